The maximum atomic E-state index is 15.8. The van der Waals surface area contributed by atoms with Gasteiger partial charge >= 0.3 is 0 Å². The van der Waals surface area contributed by atoms with Crippen LogP contribution in [0.5, 0.6) is 0 Å². The van der Waals surface area contributed by atoms with Crippen LogP contribution in [0, 0.1) is 123 Å². The first-order chi connectivity index (χ1) is 34.4. The highest BCUT2D eigenvalue weighted by Gasteiger charge is 2.68. The predicted octanol–water partition coefficient (Wildman–Crippen LogP) is 14.2. The van der Waals surface area contributed by atoms with Gasteiger partial charge in [-0.25, -0.2) is 27.0 Å². The molecule has 2 N–H and O–H groups in total. The summed E-state index contributed by atoms with van der Waals surface area (Å²) in [6.07, 6.45) is 17.3. The molecule has 8 fully saturated rings. The van der Waals surface area contributed by atoms with Gasteiger partial charge in [-0.1, -0.05) is 106 Å². The molecule has 10 heteroatoms. The minimum absolute atomic E-state index is 0.0131. The molecule has 8 aliphatic rings. The number of nitrogens with zero attached hydrogens (tertiary/aromatic N) is 1. The van der Waals surface area contributed by atoms with E-state index in [1.54, 1.807) is 30.3 Å². The van der Waals surface area contributed by atoms with E-state index in [4.69, 9.17) is 0 Å². The largest absolute Gasteiger partial charge is 0.393 e. The van der Waals surface area contributed by atoms with E-state index in [9.17, 15) is 28.2 Å². The molecule has 0 heterocycles. The van der Waals surface area contributed by atoms with Gasteiger partial charge in [0, 0.05) is 18.3 Å². The average molecular weight is 1040 g/mol. The Morgan fingerprint density at radius 3 is 1.55 bits per heavy atom. The summed E-state index contributed by atoms with van der Waals surface area (Å²) in [6.45, 7) is 25.3. The number of hydrogen-bond donors (Lipinski definition) is 2. The van der Waals surface area contributed by atoms with Gasteiger partial charge < -0.3 is 10.2 Å². The van der Waals surface area contributed by atoms with Crippen LogP contribution >= 0.6 is 0 Å². The fourth-order valence-corrected chi connectivity index (χ4v) is 22.0. The fraction of sp³-hybridized carbons (Fsp3) is 0.873. The van der Waals surface area contributed by atoms with Gasteiger partial charge in [0.05, 0.1) is 23.6 Å². The van der Waals surface area contributed by atoms with Crippen molar-refractivity contribution in [1.29, 1.82) is 0 Å². The maximum absolute atomic E-state index is 15.8. The standard InChI is InChI=1S/C36H55FO4S.C27H44FNO2/c1-7-27-32-33(37)24(4)17-19-36(32,6)30-18-20-35(5)28(15-16-29(35)31(30)34(27)39)23(3)9-8-10-25(38)21-42(40,41)26-13-11-22(2)12-14-26;1-6-18-23-24(28)17(3)9-12-27(23,5)21-10-13-26(4)19(16(2)11-14-29-15-30)7-8-20(26)22(21)25(18)31/h11-14,23-24,27-34,39H,7-10,15-21H2,1-6H3;16-25,31H,6-14H2,1-5H3/t23-,24-,27-,28?,29?,30?,31?,32-,33+,34-,35-,36-;16-,17-,18-,19?,20?,21?,22?,23-,24+,25-,26-,27-/m11/s1. The van der Waals surface area contributed by atoms with E-state index in [1.165, 1.54) is 19.3 Å². The second kappa shape index (κ2) is 22.0. The zero-order chi connectivity index (χ0) is 53.2. The van der Waals surface area contributed by atoms with E-state index in [-0.39, 0.29) is 79.9 Å². The van der Waals surface area contributed by atoms with Crippen molar-refractivity contribution < 1.29 is 37.0 Å². The van der Waals surface area contributed by atoms with Crippen molar-refractivity contribution in [2.45, 2.75) is 221 Å². The molecular formula is C63H99F2NO6S. The van der Waals surface area contributed by atoms with Crippen LogP contribution in [-0.2, 0) is 19.4 Å². The molecule has 8 aliphatic carbocycles. The summed E-state index contributed by atoms with van der Waals surface area (Å²) in [6, 6.07) is 6.71. The number of carbonyl (C=O) groups excluding carboxylic acids is 2. The molecule has 0 aromatic heterocycles. The molecule has 1 aromatic rings. The number of aryl methyl sites for hydroxylation is 1. The van der Waals surface area contributed by atoms with E-state index in [0.29, 0.717) is 72.6 Å². The van der Waals surface area contributed by atoms with Gasteiger partial charge in [-0.2, -0.15) is 0 Å². The quantitative estimate of drug-likeness (QED) is 0.141. The van der Waals surface area contributed by atoms with E-state index < -0.39 is 34.0 Å². The number of hydrogen-bond acceptors (Lipinski definition) is 7. The third-order valence-corrected chi connectivity index (χ3v) is 26.3. The van der Waals surface area contributed by atoms with Crippen LogP contribution < -0.4 is 0 Å². The first-order valence-corrected chi connectivity index (χ1v) is 31.6. The number of sulfone groups is 1. The summed E-state index contributed by atoms with van der Waals surface area (Å²) in [7, 11) is -3.61. The molecule has 8 saturated carbocycles. The van der Waals surface area contributed by atoms with E-state index >= 15 is 8.78 Å². The van der Waals surface area contributed by atoms with Gasteiger partial charge in [0.15, 0.2) is 9.84 Å². The third kappa shape index (κ3) is 9.99. The molecule has 1 aromatic carbocycles. The van der Waals surface area contributed by atoms with Crippen molar-refractivity contribution in [2.75, 3.05) is 12.3 Å². The monoisotopic (exact) mass is 1040 g/mol. The lowest BCUT2D eigenvalue weighted by molar-refractivity contribution is -0.215. The molecule has 0 amide bonds. The highest BCUT2D eigenvalue weighted by molar-refractivity contribution is 7.92. The number of isocyanates is 1. The van der Waals surface area contributed by atoms with Crippen molar-refractivity contribution in [3.8, 4) is 0 Å². The third-order valence-electron chi connectivity index (χ3n) is 24.6. The van der Waals surface area contributed by atoms with Gasteiger partial charge in [-0.05, 0) is 213 Å². The Bertz CT molecular complexity index is 2240. The van der Waals surface area contributed by atoms with Gasteiger partial charge in [0.25, 0.3) is 0 Å². The summed E-state index contributed by atoms with van der Waals surface area (Å²) in [5.74, 6) is 4.22. The number of Topliss-reactive ketones (excluding diaryl/α,β-unsaturated/α-hetero) is 1. The highest BCUT2D eigenvalue weighted by atomic mass is 32.2. The Kier molecular flexibility index (Phi) is 17.3. The Morgan fingerprint density at radius 2 is 1.11 bits per heavy atom. The molecule has 0 spiro atoms. The van der Waals surface area contributed by atoms with Crippen molar-refractivity contribution in [2.24, 2.45) is 121 Å². The zero-order valence-corrected chi connectivity index (χ0v) is 48.0. The van der Waals surface area contributed by atoms with Crippen LogP contribution in [0.15, 0.2) is 34.2 Å². The molecule has 0 aliphatic heterocycles. The van der Waals surface area contributed by atoms with Crippen LogP contribution in [0.2, 0.25) is 0 Å². The molecular weight excluding hydrogens is 937 g/mol. The number of fused-ring (bicyclic) bond motifs is 10. The van der Waals surface area contributed by atoms with Crippen molar-refractivity contribution >= 4 is 21.7 Å². The molecule has 412 valence electrons. The summed E-state index contributed by atoms with van der Waals surface area (Å²) >= 11 is 0. The van der Waals surface area contributed by atoms with E-state index in [2.05, 4.69) is 74.2 Å². The van der Waals surface area contributed by atoms with Crippen LogP contribution in [0.4, 0.5) is 8.78 Å². The predicted molar refractivity (Wildman–Crippen MR) is 288 cm³/mol. The van der Waals surface area contributed by atoms with Crippen LogP contribution in [0.25, 0.3) is 0 Å². The molecule has 0 radical (unpaired) electrons. The Balaban J connectivity index is 0.000000204. The number of benzene rings is 1. The Hall–Kier alpha value is -2.00. The molecule has 0 saturated heterocycles. The number of aliphatic hydroxyl groups is 2. The summed E-state index contributed by atoms with van der Waals surface area (Å²) in [5.41, 5.74) is 1.38. The molecule has 24 atom stereocenters. The second-order valence-corrected chi connectivity index (χ2v) is 29.9. The first kappa shape index (κ1) is 57.2. The number of ketones is 1. The highest BCUT2D eigenvalue weighted by Crippen LogP contribution is 2.72. The number of carbonyl (C=O) groups is 1. The Morgan fingerprint density at radius 1 is 0.685 bits per heavy atom. The number of aliphatic imine (C=N–C) groups is 1. The van der Waals surface area contributed by atoms with Crippen molar-refractivity contribution in [1.82, 2.24) is 0 Å². The van der Waals surface area contributed by atoms with E-state index in [0.717, 1.165) is 89.0 Å². The summed E-state index contributed by atoms with van der Waals surface area (Å²) in [5, 5.41) is 23.7. The van der Waals surface area contributed by atoms with Crippen LogP contribution in [0.3, 0.4) is 0 Å². The molecule has 0 bridgehead atoms. The van der Waals surface area contributed by atoms with Crippen molar-refractivity contribution in [3.63, 3.8) is 0 Å². The minimum atomic E-state index is -3.61. The fourth-order valence-electron chi connectivity index (χ4n) is 20.7. The number of alkyl halides is 2. The van der Waals surface area contributed by atoms with Crippen molar-refractivity contribution in [3.05, 3.63) is 29.8 Å². The van der Waals surface area contributed by atoms with Gasteiger partial charge in [-0.15, -0.1) is 0 Å². The van der Waals surface area contributed by atoms with E-state index in [1.807, 2.05) is 6.92 Å². The Labute approximate surface area is 441 Å². The smallest absolute Gasteiger partial charge is 0.234 e. The SMILES string of the molecule is CC[C@@H]1[C@@H]2[C@@H](F)[C@H](C)CC[C@]2(C)C2CC[C@@]3(C)C(CCC3[C@H](C)CCCC(=O)CS(=O)(=O)c3ccc(C)cc3)C2[C@@H]1O.CC[C@@H]1[C@@H]2[C@@H](F)[C@H](C)CC[C@]2(C)C2CC[C@@]3(C)C(CCC3[C@H](C)CCN=C=O)C2[C@@H]1O. The number of halogens is 2. The molecule has 9 rings (SSSR count). The normalized spacial score (nSPS) is 46.6. The van der Waals surface area contributed by atoms with Crippen LogP contribution in [0.1, 0.15) is 190 Å². The summed E-state index contributed by atoms with van der Waals surface area (Å²) < 4.78 is 56.9. The first-order valence-electron chi connectivity index (χ1n) is 29.9. The number of aliphatic hydroxyl groups excluding tert-OH is 2. The molecule has 8 unspecified atom stereocenters. The minimum Gasteiger partial charge on any atom is -0.393 e. The lowest BCUT2D eigenvalue weighted by Gasteiger charge is -2.65. The molecule has 73 heavy (non-hydrogen) atoms. The lowest BCUT2D eigenvalue weighted by Crippen LogP contribution is -2.64. The topological polar surface area (TPSA) is 121 Å². The van der Waals surface area contributed by atoms with Gasteiger partial charge in [0.1, 0.15) is 23.9 Å². The number of rotatable bonds is 14. The molecule has 7 nitrogen and oxygen atoms in total. The van der Waals surface area contributed by atoms with Crippen LogP contribution in [-0.4, -0.2) is 67.3 Å². The van der Waals surface area contributed by atoms with Gasteiger partial charge in [-0.3, -0.25) is 4.79 Å². The zero-order valence-electron chi connectivity index (χ0n) is 47.1. The average Bonchev–Trinajstić information content (AvgIpc) is 3.90. The van der Waals surface area contributed by atoms with Gasteiger partial charge in [0.2, 0.25) is 6.08 Å². The lowest BCUT2D eigenvalue weighted by atomic mass is 9.40. The summed E-state index contributed by atoms with van der Waals surface area (Å²) in [4.78, 5) is 27.2. The second-order valence-electron chi connectivity index (χ2n) is 27.9. The maximum Gasteiger partial charge on any atom is 0.234 e.